The van der Waals surface area contributed by atoms with Crippen LogP contribution in [0.5, 0.6) is 0 Å². The van der Waals surface area contributed by atoms with Crippen LogP contribution in [0.3, 0.4) is 0 Å². The Morgan fingerprint density at radius 2 is 1.36 bits per heavy atom. The first-order chi connectivity index (χ1) is 11.5. The second-order valence-electron chi connectivity index (χ2n) is 6.33. The SMILES string of the molecule is COC(=O)CC(OC(=O)[C@@H](N)C(C)C)C(C=O)OC(=O)[C@@H](N)C(C)C. The number of methoxy groups -OCH3 is 1. The highest BCUT2D eigenvalue weighted by Gasteiger charge is 2.34. The van der Waals surface area contributed by atoms with Gasteiger partial charge in [0.05, 0.1) is 13.5 Å². The molecule has 0 aliphatic carbocycles. The van der Waals surface area contributed by atoms with E-state index in [1.807, 2.05) is 0 Å². The van der Waals surface area contributed by atoms with Crippen LogP contribution in [-0.2, 0) is 33.4 Å². The molecule has 0 saturated heterocycles. The molecule has 4 atom stereocenters. The number of aldehydes is 1. The number of esters is 3. The van der Waals surface area contributed by atoms with Crippen molar-refractivity contribution in [3.63, 3.8) is 0 Å². The molecule has 0 aliphatic rings. The Kier molecular flexibility index (Phi) is 9.92. The molecule has 9 heteroatoms. The largest absolute Gasteiger partial charge is 0.469 e. The van der Waals surface area contributed by atoms with Crippen LogP contribution in [0.4, 0.5) is 0 Å². The predicted octanol–water partition coefficient (Wildman–Crippen LogP) is -0.461. The molecule has 0 bridgehead atoms. The molecule has 0 heterocycles. The van der Waals surface area contributed by atoms with Gasteiger partial charge in [-0.1, -0.05) is 27.7 Å². The number of hydrogen-bond donors (Lipinski definition) is 2. The van der Waals surface area contributed by atoms with Crippen molar-refractivity contribution in [3.8, 4) is 0 Å². The average molecular weight is 360 g/mol. The van der Waals surface area contributed by atoms with E-state index in [2.05, 4.69) is 4.74 Å². The molecule has 0 aliphatic heterocycles. The van der Waals surface area contributed by atoms with Crippen molar-refractivity contribution in [3.05, 3.63) is 0 Å². The lowest BCUT2D eigenvalue weighted by Crippen LogP contribution is -2.46. The number of rotatable bonds is 10. The normalized spacial score (nSPS) is 15.9. The van der Waals surface area contributed by atoms with Gasteiger partial charge in [0, 0.05) is 0 Å². The topological polar surface area (TPSA) is 148 Å². The van der Waals surface area contributed by atoms with Gasteiger partial charge in [-0.25, -0.2) is 0 Å². The van der Waals surface area contributed by atoms with E-state index in [1.54, 1.807) is 27.7 Å². The summed E-state index contributed by atoms with van der Waals surface area (Å²) in [7, 11) is 1.14. The highest BCUT2D eigenvalue weighted by molar-refractivity contribution is 5.80. The van der Waals surface area contributed by atoms with E-state index in [0.29, 0.717) is 0 Å². The number of ether oxygens (including phenoxy) is 3. The van der Waals surface area contributed by atoms with Gasteiger partial charge in [-0.15, -0.1) is 0 Å². The first-order valence-electron chi connectivity index (χ1n) is 7.99. The van der Waals surface area contributed by atoms with Gasteiger partial charge in [0.25, 0.3) is 0 Å². The maximum Gasteiger partial charge on any atom is 0.324 e. The zero-order chi connectivity index (χ0) is 19.7. The third kappa shape index (κ3) is 7.61. The molecule has 25 heavy (non-hydrogen) atoms. The average Bonchev–Trinajstić information content (AvgIpc) is 2.56. The summed E-state index contributed by atoms with van der Waals surface area (Å²) in [6, 6.07) is -1.92. The van der Waals surface area contributed by atoms with Gasteiger partial charge in [-0.2, -0.15) is 0 Å². The van der Waals surface area contributed by atoms with Gasteiger partial charge in [0.15, 0.2) is 18.5 Å². The molecule has 0 spiro atoms. The van der Waals surface area contributed by atoms with Crippen molar-refractivity contribution >= 4 is 24.2 Å². The Bertz CT molecular complexity index is 479. The van der Waals surface area contributed by atoms with E-state index in [4.69, 9.17) is 20.9 Å². The molecule has 2 unspecified atom stereocenters. The highest BCUT2D eigenvalue weighted by Crippen LogP contribution is 2.13. The molecule has 0 rings (SSSR count). The van der Waals surface area contributed by atoms with Crippen LogP contribution in [0.25, 0.3) is 0 Å². The van der Waals surface area contributed by atoms with E-state index in [-0.39, 0.29) is 18.1 Å². The summed E-state index contributed by atoms with van der Waals surface area (Å²) in [6.07, 6.45) is -3.06. The minimum absolute atomic E-state index is 0.224. The second-order valence-corrected chi connectivity index (χ2v) is 6.33. The minimum Gasteiger partial charge on any atom is -0.469 e. The minimum atomic E-state index is -1.50. The van der Waals surface area contributed by atoms with E-state index in [1.165, 1.54) is 0 Å². The summed E-state index contributed by atoms with van der Waals surface area (Å²) in [4.78, 5) is 46.9. The standard InChI is InChI=1S/C16H28N2O7/c1-8(2)13(17)15(21)24-10(6-12(20)23-5)11(7-19)25-16(22)14(18)9(3)4/h7-11,13-14H,6,17-18H2,1-5H3/t10?,11?,13-,14-/m0/s1. The number of carbonyl (C=O) groups is 4. The van der Waals surface area contributed by atoms with E-state index >= 15 is 0 Å². The summed E-state index contributed by atoms with van der Waals surface area (Å²) < 4.78 is 14.7. The maximum atomic E-state index is 12.0. The van der Waals surface area contributed by atoms with Gasteiger partial charge in [-0.3, -0.25) is 19.2 Å². The summed E-state index contributed by atoms with van der Waals surface area (Å²) in [5.41, 5.74) is 11.4. The monoisotopic (exact) mass is 360 g/mol. The molecule has 0 amide bonds. The molecular weight excluding hydrogens is 332 g/mol. The second kappa shape index (κ2) is 10.8. The van der Waals surface area contributed by atoms with Crippen LogP contribution >= 0.6 is 0 Å². The third-order valence-electron chi connectivity index (χ3n) is 3.60. The first-order valence-corrected chi connectivity index (χ1v) is 7.99. The quantitative estimate of drug-likeness (QED) is 0.300. The predicted molar refractivity (Wildman–Crippen MR) is 88.1 cm³/mol. The molecule has 9 nitrogen and oxygen atoms in total. The summed E-state index contributed by atoms with van der Waals surface area (Å²) in [5.74, 6) is -2.85. The van der Waals surface area contributed by atoms with Gasteiger partial charge in [0.2, 0.25) is 0 Å². The van der Waals surface area contributed by atoms with Gasteiger partial charge < -0.3 is 25.7 Å². The van der Waals surface area contributed by atoms with Crippen molar-refractivity contribution in [2.75, 3.05) is 7.11 Å². The Balaban J connectivity index is 5.26. The van der Waals surface area contributed by atoms with Crippen LogP contribution in [0.2, 0.25) is 0 Å². The number of carbonyl (C=O) groups excluding carboxylic acids is 4. The lowest BCUT2D eigenvalue weighted by molar-refractivity contribution is -0.174. The summed E-state index contributed by atoms with van der Waals surface area (Å²) in [6.45, 7) is 6.82. The first kappa shape index (κ1) is 23.0. The Morgan fingerprint density at radius 3 is 1.72 bits per heavy atom. The van der Waals surface area contributed by atoms with Crippen molar-refractivity contribution in [1.82, 2.24) is 0 Å². The zero-order valence-electron chi connectivity index (χ0n) is 15.3. The van der Waals surface area contributed by atoms with Crippen molar-refractivity contribution in [2.24, 2.45) is 23.3 Å². The summed E-state index contributed by atoms with van der Waals surface area (Å²) >= 11 is 0. The molecule has 0 aromatic heterocycles. The summed E-state index contributed by atoms with van der Waals surface area (Å²) in [5, 5.41) is 0. The van der Waals surface area contributed by atoms with Gasteiger partial charge in [-0.05, 0) is 11.8 Å². The molecule has 0 radical (unpaired) electrons. The molecule has 0 saturated carbocycles. The van der Waals surface area contributed by atoms with Crippen molar-refractivity contribution in [1.29, 1.82) is 0 Å². The maximum absolute atomic E-state index is 12.0. The Morgan fingerprint density at radius 1 is 0.920 bits per heavy atom. The van der Waals surface area contributed by atoms with Gasteiger partial charge >= 0.3 is 17.9 Å². The van der Waals surface area contributed by atoms with E-state index in [0.717, 1.165) is 7.11 Å². The van der Waals surface area contributed by atoms with Crippen LogP contribution in [-0.4, -0.2) is 55.6 Å². The van der Waals surface area contributed by atoms with Crippen molar-refractivity contribution in [2.45, 2.75) is 58.4 Å². The number of hydrogen-bond acceptors (Lipinski definition) is 9. The molecular formula is C16H28N2O7. The van der Waals surface area contributed by atoms with E-state index < -0.39 is 48.6 Å². The highest BCUT2D eigenvalue weighted by atomic mass is 16.6. The number of nitrogens with two attached hydrogens (primary N) is 2. The Hall–Kier alpha value is -2.00. The fourth-order valence-electron chi connectivity index (χ4n) is 1.65. The molecule has 144 valence electrons. The molecule has 4 N–H and O–H groups in total. The smallest absolute Gasteiger partial charge is 0.324 e. The third-order valence-corrected chi connectivity index (χ3v) is 3.60. The zero-order valence-corrected chi connectivity index (χ0v) is 15.3. The lowest BCUT2D eigenvalue weighted by atomic mass is 10.0. The molecule has 0 fully saturated rings. The van der Waals surface area contributed by atoms with Crippen molar-refractivity contribution < 1.29 is 33.4 Å². The van der Waals surface area contributed by atoms with E-state index in [9.17, 15) is 19.2 Å². The molecule has 0 aromatic carbocycles. The van der Waals surface area contributed by atoms with Crippen LogP contribution < -0.4 is 11.5 Å². The van der Waals surface area contributed by atoms with Crippen LogP contribution in [0, 0.1) is 11.8 Å². The Labute approximate surface area is 147 Å². The fraction of sp³-hybridized carbons (Fsp3) is 0.750. The van der Waals surface area contributed by atoms with Gasteiger partial charge in [0.1, 0.15) is 12.1 Å². The van der Waals surface area contributed by atoms with Crippen LogP contribution in [0.1, 0.15) is 34.1 Å². The molecule has 0 aromatic rings. The lowest BCUT2D eigenvalue weighted by Gasteiger charge is -2.26. The fourth-order valence-corrected chi connectivity index (χ4v) is 1.65. The van der Waals surface area contributed by atoms with Crippen LogP contribution in [0.15, 0.2) is 0 Å².